The summed E-state index contributed by atoms with van der Waals surface area (Å²) in [6.07, 6.45) is 3.68. The highest BCUT2D eigenvalue weighted by Crippen LogP contribution is 2.53. The van der Waals surface area contributed by atoms with Crippen molar-refractivity contribution in [3.05, 3.63) is 54.6 Å². The molecule has 0 aromatic heterocycles. The van der Waals surface area contributed by atoms with E-state index in [4.69, 9.17) is 9.26 Å². The number of hydroxylamine groups is 1. The largest absolute Gasteiger partial charge is 0.457 e. The summed E-state index contributed by atoms with van der Waals surface area (Å²) < 4.78 is 27.4. The van der Waals surface area contributed by atoms with Gasteiger partial charge in [0, 0.05) is 6.54 Å². The van der Waals surface area contributed by atoms with Gasteiger partial charge < -0.3 is 9.26 Å². The molecule has 2 aromatic carbocycles. The maximum atomic E-state index is 14.1. The van der Waals surface area contributed by atoms with Crippen molar-refractivity contribution in [1.82, 2.24) is 10.2 Å². The molecule has 1 fully saturated rings. The average Bonchev–Trinajstić information content (AvgIpc) is 2.97. The molecule has 2 N–H and O–H groups in total. The van der Waals surface area contributed by atoms with Crippen molar-refractivity contribution in [2.45, 2.75) is 45.1 Å². The summed E-state index contributed by atoms with van der Waals surface area (Å²) in [5.74, 6) is 0.773. The molecule has 2 atom stereocenters. The van der Waals surface area contributed by atoms with Crippen LogP contribution in [-0.2, 0) is 13.9 Å². The van der Waals surface area contributed by atoms with Crippen LogP contribution in [0.4, 0.5) is 0 Å². The molecule has 0 saturated carbocycles. The van der Waals surface area contributed by atoms with E-state index in [1.807, 2.05) is 37.3 Å². The van der Waals surface area contributed by atoms with E-state index < -0.39 is 19.5 Å². The molecule has 0 radical (unpaired) electrons. The van der Waals surface area contributed by atoms with Crippen LogP contribution in [-0.4, -0.2) is 35.0 Å². The van der Waals surface area contributed by atoms with Crippen molar-refractivity contribution >= 4 is 18.7 Å². The Morgan fingerprint density at radius 1 is 1.17 bits per heavy atom. The number of carbonyl (C=O) groups excluding carboxylic acids is 1. The molecule has 3 rings (SSSR count). The predicted molar refractivity (Wildman–Crippen MR) is 115 cm³/mol. The number of benzene rings is 2. The number of nitrogens with one attached hydrogen (secondary N) is 1. The summed E-state index contributed by atoms with van der Waals surface area (Å²) in [6, 6.07) is 15.6. The second kappa shape index (κ2) is 10.7. The molecule has 0 spiro atoms. The van der Waals surface area contributed by atoms with Gasteiger partial charge in [0.15, 0.2) is 0 Å². The molecule has 2 aromatic rings. The maximum Gasteiger partial charge on any atom is 0.303 e. The van der Waals surface area contributed by atoms with Crippen molar-refractivity contribution in [2.24, 2.45) is 0 Å². The van der Waals surface area contributed by atoms with Gasteiger partial charge in [0.1, 0.15) is 11.5 Å². The van der Waals surface area contributed by atoms with E-state index in [9.17, 15) is 14.6 Å². The van der Waals surface area contributed by atoms with Gasteiger partial charge in [0.2, 0.25) is 0 Å². The highest BCUT2D eigenvalue weighted by atomic mass is 31.2. The first kappa shape index (κ1) is 22.5. The van der Waals surface area contributed by atoms with E-state index >= 15 is 0 Å². The van der Waals surface area contributed by atoms with Crippen LogP contribution in [0, 0.1) is 0 Å². The Labute approximate surface area is 177 Å². The Balaban J connectivity index is 1.88. The zero-order valence-electron chi connectivity index (χ0n) is 17.2. The van der Waals surface area contributed by atoms with Crippen LogP contribution in [0.1, 0.15) is 39.0 Å². The third kappa shape index (κ3) is 5.29. The maximum absolute atomic E-state index is 14.1. The molecule has 1 aliphatic heterocycles. The normalized spacial score (nSPS) is 20.9. The number of hydrogen-bond acceptors (Lipinski definition) is 5. The second-order valence-corrected chi connectivity index (χ2v) is 9.60. The van der Waals surface area contributed by atoms with Gasteiger partial charge in [-0.25, -0.2) is 10.2 Å². The number of nitrogens with zero attached hydrogens (tertiary/aromatic N) is 1. The molecular formula is C22H29N2O5P. The minimum Gasteiger partial charge on any atom is -0.457 e. The molecule has 1 heterocycles. The van der Waals surface area contributed by atoms with Gasteiger partial charge in [-0.2, -0.15) is 0 Å². The number of rotatable bonds is 8. The lowest BCUT2D eigenvalue weighted by Gasteiger charge is -2.34. The van der Waals surface area contributed by atoms with Gasteiger partial charge in [0.25, 0.3) is 5.91 Å². The van der Waals surface area contributed by atoms with Crippen LogP contribution in [0.3, 0.4) is 0 Å². The molecule has 1 aliphatic rings. The molecule has 30 heavy (non-hydrogen) atoms. The van der Waals surface area contributed by atoms with Crippen LogP contribution in [0.2, 0.25) is 0 Å². The predicted octanol–water partition coefficient (Wildman–Crippen LogP) is 4.47. The van der Waals surface area contributed by atoms with Gasteiger partial charge in [-0.1, -0.05) is 38.0 Å². The van der Waals surface area contributed by atoms with Gasteiger partial charge in [-0.3, -0.25) is 14.6 Å². The van der Waals surface area contributed by atoms with Crippen molar-refractivity contribution in [3.63, 3.8) is 0 Å². The van der Waals surface area contributed by atoms with Gasteiger partial charge >= 0.3 is 7.52 Å². The summed E-state index contributed by atoms with van der Waals surface area (Å²) in [5.41, 5.74) is 1.74. The highest BCUT2D eigenvalue weighted by Gasteiger charge is 2.42. The SMILES string of the molecule is CCCCC(C(=O)NO)N1CCCCOP1(=O)c1ccc(Oc2ccccc2)cc1. The highest BCUT2D eigenvalue weighted by molar-refractivity contribution is 7.64. The van der Waals surface area contributed by atoms with Gasteiger partial charge in [0.05, 0.1) is 18.0 Å². The first-order valence-corrected chi connectivity index (χ1v) is 12.0. The van der Waals surface area contributed by atoms with Crippen molar-refractivity contribution in [2.75, 3.05) is 13.2 Å². The minimum absolute atomic E-state index is 0.358. The van der Waals surface area contributed by atoms with Crippen molar-refractivity contribution in [3.8, 4) is 11.5 Å². The topological polar surface area (TPSA) is 88.1 Å². The van der Waals surface area contributed by atoms with Crippen LogP contribution < -0.4 is 15.5 Å². The molecule has 162 valence electrons. The molecular weight excluding hydrogens is 403 g/mol. The van der Waals surface area contributed by atoms with Gasteiger partial charge in [-0.05, 0) is 55.7 Å². The van der Waals surface area contributed by atoms with E-state index in [0.717, 1.165) is 25.7 Å². The standard InChI is InChI=1S/C22H29N2O5P/c1-2-3-11-21(22(25)23-26)24-16-7-8-17-28-30(24,27)20-14-12-19(13-15-20)29-18-9-5-4-6-10-18/h4-6,9-10,12-15,21,26H,2-3,7-8,11,16-17H2,1H3,(H,23,25). The summed E-state index contributed by atoms with van der Waals surface area (Å²) in [7, 11) is -3.48. The molecule has 1 saturated heterocycles. The first-order chi connectivity index (χ1) is 14.6. The Hall–Kier alpha value is -2.18. The Morgan fingerprint density at radius 3 is 2.53 bits per heavy atom. The Kier molecular flexibility index (Phi) is 8.05. The third-order valence-electron chi connectivity index (χ3n) is 5.13. The molecule has 0 bridgehead atoms. The fourth-order valence-electron chi connectivity index (χ4n) is 3.55. The molecule has 0 aliphatic carbocycles. The zero-order chi connectivity index (χ0) is 21.4. The smallest absolute Gasteiger partial charge is 0.303 e. The number of hydrogen-bond donors (Lipinski definition) is 2. The van der Waals surface area contributed by atoms with E-state index in [-0.39, 0.29) is 0 Å². The molecule has 8 heteroatoms. The molecule has 1 amide bonds. The second-order valence-electron chi connectivity index (χ2n) is 7.27. The monoisotopic (exact) mass is 432 g/mol. The average molecular weight is 432 g/mol. The van der Waals surface area contributed by atoms with Crippen molar-refractivity contribution in [1.29, 1.82) is 0 Å². The van der Waals surface area contributed by atoms with Crippen LogP contribution in [0.15, 0.2) is 54.6 Å². The first-order valence-electron chi connectivity index (χ1n) is 10.4. The molecule has 7 nitrogen and oxygen atoms in total. The summed E-state index contributed by atoms with van der Waals surface area (Å²) >= 11 is 0. The van der Waals surface area contributed by atoms with Crippen molar-refractivity contribution < 1.29 is 23.8 Å². The lowest BCUT2D eigenvalue weighted by atomic mass is 10.1. The third-order valence-corrected chi connectivity index (χ3v) is 7.77. The summed E-state index contributed by atoms with van der Waals surface area (Å²) in [6.45, 7) is 2.84. The number of ether oxygens (including phenoxy) is 1. The van der Waals surface area contributed by atoms with Crippen LogP contribution in [0.25, 0.3) is 0 Å². The fourth-order valence-corrected chi connectivity index (χ4v) is 6.04. The number of carbonyl (C=O) groups is 1. The number of amides is 1. The van der Waals surface area contributed by atoms with E-state index in [1.54, 1.807) is 34.4 Å². The zero-order valence-corrected chi connectivity index (χ0v) is 18.1. The van der Waals surface area contributed by atoms with E-state index in [0.29, 0.717) is 36.4 Å². The quantitative estimate of drug-likeness (QED) is 0.363. The van der Waals surface area contributed by atoms with E-state index in [1.165, 1.54) is 0 Å². The lowest BCUT2D eigenvalue weighted by Crippen LogP contribution is -2.46. The molecule has 2 unspecified atom stereocenters. The van der Waals surface area contributed by atoms with E-state index in [2.05, 4.69) is 0 Å². The van der Waals surface area contributed by atoms with Crippen LogP contribution in [0.5, 0.6) is 11.5 Å². The summed E-state index contributed by atoms with van der Waals surface area (Å²) in [5, 5.41) is 9.76. The Bertz CT molecular complexity index is 860. The fraction of sp³-hybridized carbons (Fsp3) is 0.409. The number of para-hydroxylation sites is 1. The van der Waals surface area contributed by atoms with Gasteiger partial charge in [-0.15, -0.1) is 0 Å². The minimum atomic E-state index is -3.48. The summed E-state index contributed by atoms with van der Waals surface area (Å²) in [4.78, 5) is 12.4. The van der Waals surface area contributed by atoms with Crippen LogP contribution >= 0.6 is 7.52 Å². The lowest BCUT2D eigenvalue weighted by molar-refractivity contribution is -0.133. The number of unbranched alkanes of at least 4 members (excludes halogenated alkanes) is 1. The Morgan fingerprint density at radius 2 is 1.87 bits per heavy atom.